The zero-order chi connectivity index (χ0) is 26.8. The zero-order valence-electron chi connectivity index (χ0n) is 21.6. The van der Waals surface area contributed by atoms with Crippen LogP contribution in [0.3, 0.4) is 0 Å². The molecule has 1 aliphatic heterocycles. The Morgan fingerprint density at radius 3 is 2.62 bits per heavy atom. The summed E-state index contributed by atoms with van der Waals surface area (Å²) in [5, 5.41) is 11.5. The highest BCUT2D eigenvalue weighted by Gasteiger charge is 2.38. The van der Waals surface area contributed by atoms with E-state index in [-0.39, 0.29) is 18.6 Å². The Labute approximate surface area is 226 Å². The molecule has 2 unspecified atom stereocenters. The number of Topliss-reactive ketones (excluding diaryl/α,β-unsaturated/α-hetero) is 1. The number of hydrogen-bond acceptors (Lipinski definition) is 7. The van der Waals surface area contributed by atoms with Crippen LogP contribution in [0.1, 0.15) is 61.6 Å². The van der Waals surface area contributed by atoms with Crippen molar-refractivity contribution >= 4 is 21.7 Å². The molecule has 2 aromatic carbocycles. The topological polar surface area (TPSA) is 104 Å². The van der Waals surface area contributed by atoms with Gasteiger partial charge in [0.05, 0.1) is 24.9 Å². The highest BCUT2D eigenvalue weighted by molar-refractivity contribution is 9.10. The average molecular weight is 569 g/mol. The van der Waals surface area contributed by atoms with Gasteiger partial charge in [0.15, 0.2) is 23.0 Å². The monoisotopic (exact) mass is 568 g/mol. The predicted octanol–water partition coefficient (Wildman–Crippen LogP) is 5.75. The number of hydrogen-bond donors (Lipinski definition) is 2. The summed E-state index contributed by atoms with van der Waals surface area (Å²) in [6, 6.07) is 14.7. The van der Waals surface area contributed by atoms with Crippen molar-refractivity contribution in [2.75, 3.05) is 20.3 Å². The maximum Gasteiger partial charge on any atom is 0.163 e. The summed E-state index contributed by atoms with van der Waals surface area (Å²) in [6.07, 6.45) is 1.17. The molecule has 0 radical (unpaired) electrons. The first-order valence-corrected chi connectivity index (χ1v) is 13.1. The van der Waals surface area contributed by atoms with Crippen molar-refractivity contribution in [2.24, 2.45) is 5.73 Å². The standard InChI is InChI=1S/C29H33BrN2O5/c1-5-14-36-23-11-8-19(15-24(23)35-4)22(33)12-13-29(3,34)25-16-21-27(37-17-28(21,2)31)26(32-25)18-6-9-20(30)10-7-18/h6-11,15-16,34H,5,12-14,17,31H2,1-4H3. The number of carbonyl (C=O) groups excluding carboxylic acids is 1. The minimum atomic E-state index is -1.37. The van der Waals surface area contributed by atoms with E-state index in [9.17, 15) is 9.90 Å². The lowest BCUT2D eigenvalue weighted by atomic mass is 9.88. The van der Waals surface area contributed by atoms with Gasteiger partial charge in [-0.1, -0.05) is 35.0 Å². The van der Waals surface area contributed by atoms with E-state index in [1.54, 1.807) is 38.3 Å². The lowest BCUT2D eigenvalue weighted by Crippen LogP contribution is -2.35. The van der Waals surface area contributed by atoms with E-state index in [1.807, 2.05) is 38.1 Å². The summed E-state index contributed by atoms with van der Waals surface area (Å²) < 4.78 is 18.0. The molecule has 2 atom stereocenters. The molecule has 0 amide bonds. The molecule has 7 nitrogen and oxygen atoms in total. The molecule has 8 heteroatoms. The van der Waals surface area contributed by atoms with Gasteiger partial charge in [-0.2, -0.15) is 0 Å². The van der Waals surface area contributed by atoms with Crippen LogP contribution in [0.5, 0.6) is 17.2 Å². The fourth-order valence-electron chi connectivity index (χ4n) is 4.28. The fourth-order valence-corrected chi connectivity index (χ4v) is 4.55. The number of ketones is 1. The molecule has 0 saturated carbocycles. The highest BCUT2D eigenvalue weighted by Crippen LogP contribution is 2.44. The van der Waals surface area contributed by atoms with Gasteiger partial charge in [0.25, 0.3) is 0 Å². The number of benzene rings is 2. The third-order valence-electron chi connectivity index (χ3n) is 6.56. The van der Waals surface area contributed by atoms with Crippen LogP contribution in [0, 0.1) is 0 Å². The van der Waals surface area contributed by atoms with Gasteiger partial charge in [0, 0.05) is 27.6 Å². The Morgan fingerprint density at radius 2 is 1.95 bits per heavy atom. The van der Waals surface area contributed by atoms with Crippen LogP contribution >= 0.6 is 15.9 Å². The summed E-state index contributed by atoms with van der Waals surface area (Å²) in [5.41, 5.74) is 7.63. The number of carbonyl (C=O) groups is 1. The summed E-state index contributed by atoms with van der Waals surface area (Å²) >= 11 is 3.46. The molecule has 0 fully saturated rings. The molecule has 0 bridgehead atoms. The number of rotatable bonds is 10. The number of halogens is 1. The number of nitrogens with two attached hydrogens (primary N) is 1. The van der Waals surface area contributed by atoms with Crippen LogP contribution in [0.15, 0.2) is 53.0 Å². The van der Waals surface area contributed by atoms with Gasteiger partial charge < -0.3 is 25.1 Å². The second-order valence-electron chi connectivity index (χ2n) is 9.86. The van der Waals surface area contributed by atoms with E-state index < -0.39 is 11.1 Å². The molecule has 3 N–H and O–H groups in total. The molecule has 1 aliphatic rings. The Balaban J connectivity index is 1.60. The van der Waals surface area contributed by atoms with Crippen LogP contribution in [-0.2, 0) is 11.1 Å². The number of nitrogens with zero attached hydrogens (tertiary/aromatic N) is 1. The molecule has 2 heterocycles. The second-order valence-corrected chi connectivity index (χ2v) is 10.8. The Bertz CT molecular complexity index is 1290. The van der Waals surface area contributed by atoms with Crippen LogP contribution in [0.25, 0.3) is 11.3 Å². The fraction of sp³-hybridized carbons (Fsp3) is 0.379. The molecule has 3 aromatic rings. The normalized spacial score (nSPS) is 18.0. The minimum absolute atomic E-state index is 0.109. The largest absolute Gasteiger partial charge is 0.493 e. The number of aliphatic hydroxyl groups is 1. The molecule has 37 heavy (non-hydrogen) atoms. The van der Waals surface area contributed by atoms with Gasteiger partial charge in [-0.15, -0.1) is 0 Å². The SMILES string of the molecule is CCCOc1ccc(C(=O)CCC(C)(O)c2cc3c(c(-c4ccc(Br)cc4)n2)OCC3(C)N)cc1OC. The minimum Gasteiger partial charge on any atom is -0.493 e. The third kappa shape index (κ3) is 5.81. The smallest absolute Gasteiger partial charge is 0.163 e. The summed E-state index contributed by atoms with van der Waals surface area (Å²) in [7, 11) is 1.55. The van der Waals surface area contributed by atoms with Crippen molar-refractivity contribution in [1.82, 2.24) is 4.98 Å². The molecule has 0 saturated heterocycles. The van der Waals surface area contributed by atoms with Crippen molar-refractivity contribution in [2.45, 2.75) is 51.2 Å². The lowest BCUT2D eigenvalue weighted by Gasteiger charge is -2.25. The Hall–Kier alpha value is -2.94. The first kappa shape index (κ1) is 27.1. The lowest BCUT2D eigenvalue weighted by molar-refractivity contribution is 0.0396. The molecular weight excluding hydrogens is 536 g/mol. The average Bonchev–Trinajstić information content (AvgIpc) is 3.20. The highest BCUT2D eigenvalue weighted by atomic mass is 79.9. The van der Waals surface area contributed by atoms with E-state index >= 15 is 0 Å². The zero-order valence-corrected chi connectivity index (χ0v) is 23.2. The van der Waals surface area contributed by atoms with Crippen LogP contribution in [-0.4, -0.2) is 36.2 Å². The molecule has 196 valence electrons. The van der Waals surface area contributed by atoms with E-state index in [1.165, 1.54) is 0 Å². The Kier molecular flexibility index (Phi) is 7.92. The predicted molar refractivity (Wildman–Crippen MR) is 146 cm³/mol. The molecule has 4 rings (SSSR count). The molecule has 0 aliphatic carbocycles. The summed E-state index contributed by atoms with van der Waals surface area (Å²) in [6.45, 7) is 6.47. The third-order valence-corrected chi connectivity index (χ3v) is 7.09. The van der Waals surface area contributed by atoms with Crippen molar-refractivity contribution in [3.05, 3.63) is 69.8 Å². The van der Waals surface area contributed by atoms with Crippen LogP contribution < -0.4 is 19.9 Å². The molecule has 0 spiro atoms. The maximum absolute atomic E-state index is 13.1. The number of aromatic nitrogens is 1. The van der Waals surface area contributed by atoms with Crippen molar-refractivity contribution in [3.8, 4) is 28.5 Å². The number of pyridine rings is 1. The van der Waals surface area contributed by atoms with Crippen molar-refractivity contribution < 1.29 is 24.1 Å². The first-order valence-electron chi connectivity index (χ1n) is 12.4. The number of methoxy groups -OCH3 is 1. The van der Waals surface area contributed by atoms with Gasteiger partial charge in [0.1, 0.15) is 17.9 Å². The van der Waals surface area contributed by atoms with E-state index in [0.29, 0.717) is 47.4 Å². The second kappa shape index (κ2) is 10.8. The summed E-state index contributed by atoms with van der Waals surface area (Å²) in [5.74, 6) is 1.62. The van der Waals surface area contributed by atoms with Crippen LogP contribution in [0.2, 0.25) is 0 Å². The van der Waals surface area contributed by atoms with Gasteiger partial charge in [0.2, 0.25) is 0 Å². The Morgan fingerprint density at radius 1 is 1.22 bits per heavy atom. The van der Waals surface area contributed by atoms with Gasteiger partial charge >= 0.3 is 0 Å². The number of fused-ring (bicyclic) bond motifs is 1. The quantitative estimate of drug-likeness (QED) is 0.300. The molecular formula is C29H33BrN2O5. The van der Waals surface area contributed by atoms with E-state index in [0.717, 1.165) is 22.0 Å². The van der Waals surface area contributed by atoms with Crippen molar-refractivity contribution in [1.29, 1.82) is 0 Å². The number of ether oxygens (including phenoxy) is 3. The first-order chi connectivity index (χ1) is 17.6. The van der Waals surface area contributed by atoms with Gasteiger partial charge in [-0.25, -0.2) is 4.98 Å². The van der Waals surface area contributed by atoms with Crippen LogP contribution in [0.4, 0.5) is 0 Å². The van der Waals surface area contributed by atoms with Gasteiger partial charge in [-0.3, -0.25) is 4.79 Å². The van der Waals surface area contributed by atoms with Crippen molar-refractivity contribution in [3.63, 3.8) is 0 Å². The molecule has 1 aromatic heterocycles. The maximum atomic E-state index is 13.1. The summed E-state index contributed by atoms with van der Waals surface area (Å²) in [4.78, 5) is 17.9. The van der Waals surface area contributed by atoms with E-state index in [4.69, 9.17) is 24.9 Å². The van der Waals surface area contributed by atoms with Gasteiger partial charge in [-0.05, 0) is 63.1 Å². The van der Waals surface area contributed by atoms with E-state index in [2.05, 4.69) is 15.9 Å².